The van der Waals surface area contributed by atoms with Crippen molar-refractivity contribution in [1.82, 2.24) is 0 Å². The number of esters is 5. The van der Waals surface area contributed by atoms with E-state index in [4.69, 9.17) is 28.4 Å². The Kier molecular flexibility index (Phi) is 11.4. The third-order valence-corrected chi connectivity index (χ3v) is 2.96. The summed E-state index contributed by atoms with van der Waals surface area (Å²) in [4.78, 5) is 56.6. The van der Waals surface area contributed by atoms with Crippen molar-refractivity contribution in [2.24, 2.45) is 0 Å². The Morgan fingerprint density at radius 1 is 0.607 bits per heavy atom. The standard InChI is InChI=1S/C17H26O11/c1-9(25-11(3)19)15(26-12(4)20)16(27-13(5)21)17(28-14(6)22)24-8-7-23-10(2)18/h9,15-17H,7-8H2,1-6H3. The van der Waals surface area contributed by atoms with Gasteiger partial charge in [-0.05, 0) is 6.92 Å². The highest BCUT2D eigenvalue weighted by molar-refractivity contribution is 5.69. The second-order valence-electron chi connectivity index (χ2n) is 5.65. The van der Waals surface area contributed by atoms with Gasteiger partial charge < -0.3 is 28.4 Å². The van der Waals surface area contributed by atoms with Crippen LogP contribution < -0.4 is 0 Å². The molecule has 0 aliphatic rings. The third kappa shape index (κ3) is 11.1. The molecule has 0 aromatic heterocycles. The van der Waals surface area contributed by atoms with Gasteiger partial charge in [0, 0.05) is 34.6 Å². The summed E-state index contributed by atoms with van der Waals surface area (Å²) < 4.78 is 30.4. The smallest absolute Gasteiger partial charge is 0.305 e. The quantitative estimate of drug-likeness (QED) is 0.202. The molecule has 11 nitrogen and oxygen atoms in total. The first-order valence-electron chi connectivity index (χ1n) is 8.37. The average Bonchev–Trinajstić information content (AvgIpc) is 2.51. The third-order valence-electron chi connectivity index (χ3n) is 2.96. The predicted molar refractivity (Wildman–Crippen MR) is 90.5 cm³/mol. The molecular formula is C17H26O11. The number of ether oxygens (including phenoxy) is 6. The maximum atomic E-state index is 11.6. The zero-order valence-corrected chi connectivity index (χ0v) is 16.7. The fourth-order valence-electron chi connectivity index (χ4n) is 2.13. The molecule has 0 heterocycles. The molecule has 4 atom stereocenters. The van der Waals surface area contributed by atoms with Crippen LogP contribution in [0, 0.1) is 0 Å². The summed E-state index contributed by atoms with van der Waals surface area (Å²) in [6.45, 7) is 6.61. The minimum Gasteiger partial charge on any atom is -0.463 e. The number of carbonyl (C=O) groups is 5. The summed E-state index contributed by atoms with van der Waals surface area (Å²) in [5, 5.41) is 0. The van der Waals surface area contributed by atoms with E-state index in [9.17, 15) is 24.0 Å². The molecule has 0 N–H and O–H groups in total. The molecule has 0 aliphatic carbocycles. The van der Waals surface area contributed by atoms with E-state index < -0.39 is 54.4 Å². The van der Waals surface area contributed by atoms with E-state index in [1.807, 2.05) is 0 Å². The molecule has 0 saturated heterocycles. The molecule has 11 heteroatoms. The van der Waals surface area contributed by atoms with Crippen molar-refractivity contribution in [1.29, 1.82) is 0 Å². The van der Waals surface area contributed by atoms with Crippen LogP contribution >= 0.6 is 0 Å². The number of hydrogen-bond donors (Lipinski definition) is 0. The van der Waals surface area contributed by atoms with Crippen LogP contribution in [0.25, 0.3) is 0 Å². The van der Waals surface area contributed by atoms with Gasteiger partial charge in [-0.1, -0.05) is 0 Å². The van der Waals surface area contributed by atoms with Gasteiger partial charge in [0.2, 0.25) is 12.4 Å². The summed E-state index contributed by atoms with van der Waals surface area (Å²) in [6.07, 6.45) is -5.40. The molecule has 0 aromatic carbocycles. The molecular weight excluding hydrogens is 380 g/mol. The monoisotopic (exact) mass is 406 g/mol. The molecule has 0 amide bonds. The van der Waals surface area contributed by atoms with Gasteiger partial charge in [-0.15, -0.1) is 0 Å². The average molecular weight is 406 g/mol. The van der Waals surface area contributed by atoms with Gasteiger partial charge in [0.25, 0.3) is 0 Å². The zero-order valence-electron chi connectivity index (χ0n) is 16.7. The fraction of sp³-hybridized carbons (Fsp3) is 0.706. The van der Waals surface area contributed by atoms with Crippen molar-refractivity contribution >= 4 is 29.8 Å². The molecule has 28 heavy (non-hydrogen) atoms. The van der Waals surface area contributed by atoms with Crippen molar-refractivity contribution < 1.29 is 52.4 Å². The highest BCUT2D eigenvalue weighted by Crippen LogP contribution is 2.20. The Hall–Kier alpha value is -2.69. The van der Waals surface area contributed by atoms with Gasteiger partial charge in [-0.2, -0.15) is 0 Å². The van der Waals surface area contributed by atoms with E-state index in [1.165, 1.54) is 13.8 Å². The van der Waals surface area contributed by atoms with Gasteiger partial charge in [0.15, 0.2) is 6.10 Å². The van der Waals surface area contributed by atoms with Gasteiger partial charge in [-0.25, -0.2) is 0 Å². The van der Waals surface area contributed by atoms with Crippen LogP contribution in [-0.2, 0) is 52.4 Å². The van der Waals surface area contributed by atoms with Crippen molar-refractivity contribution in [2.75, 3.05) is 13.2 Å². The topological polar surface area (TPSA) is 141 Å². The van der Waals surface area contributed by atoms with Gasteiger partial charge >= 0.3 is 29.8 Å². The maximum absolute atomic E-state index is 11.6. The lowest BCUT2D eigenvalue weighted by Gasteiger charge is -2.34. The lowest BCUT2D eigenvalue weighted by atomic mass is 10.1. The van der Waals surface area contributed by atoms with Gasteiger partial charge in [-0.3, -0.25) is 24.0 Å². The molecule has 0 saturated carbocycles. The Balaban J connectivity index is 5.66. The molecule has 0 fully saturated rings. The highest BCUT2D eigenvalue weighted by atomic mass is 16.7. The van der Waals surface area contributed by atoms with Crippen LogP contribution in [0.5, 0.6) is 0 Å². The molecule has 4 unspecified atom stereocenters. The maximum Gasteiger partial charge on any atom is 0.305 e. The number of hydrogen-bond acceptors (Lipinski definition) is 11. The van der Waals surface area contributed by atoms with E-state index in [2.05, 4.69) is 0 Å². The SMILES string of the molecule is CC(=O)OCCOC(OC(C)=O)C(OC(C)=O)C(OC(C)=O)C(C)OC(C)=O. The van der Waals surface area contributed by atoms with Crippen LogP contribution in [0.15, 0.2) is 0 Å². The molecule has 0 rings (SSSR count). The van der Waals surface area contributed by atoms with Crippen LogP contribution in [0.2, 0.25) is 0 Å². The summed E-state index contributed by atoms with van der Waals surface area (Å²) in [5.74, 6) is -3.56. The fourth-order valence-corrected chi connectivity index (χ4v) is 2.13. The van der Waals surface area contributed by atoms with E-state index in [1.54, 1.807) is 0 Å². The molecule has 0 aromatic rings. The molecule has 0 radical (unpaired) electrons. The Morgan fingerprint density at radius 2 is 1.07 bits per heavy atom. The highest BCUT2D eigenvalue weighted by Gasteiger charge is 2.42. The zero-order chi connectivity index (χ0) is 21.9. The van der Waals surface area contributed by atoms with Crippen LogP contribution in [0.4, 0.5) is 0 Å². The van der Waals surface area contributed by atoms with Crippen molar-refractivity contribution in [3.63, 3.8) is 0 Å². The minimum absolute atomic E-state index is 0.169. The normalized spacial score (nSPS) is 14.6. The predicted octanol–water partition coefficient (Wildman–Crippen LogP) is 0.270. The summed E-state index contributed by atoms with van der Waals surface area (Å²) >= 11 is 0. The first-order valence-corrected chi connectivity index (χ1v) is 8.37. The van der Waals surface area contributed by atoms with Crippen molar-refractivity contribution in [3.05, 3.63) is 0 Å². The first kappa shape index (κ1) is 25.3. The van der Waals surface area contributed by atoms with Gasteiger partial charge in [0.1, 0.15) is 12.7 Å². The molecule has 0 bridgehead atoms. The van der Waals surface area contributed by atoms with Crippen molar-refractivity contribution in [2.45, 2.75) is 66.1 Å². The van der Waals surface area contributed by atoms with E-state index in [-0.39, 0.29) is 13.2 Å². The first-order chi connectivity index (χ1) is 12.9. The lowest BCUT2D eigenvalue weighted by molar-refractivity contribution is -0.239. The van der Waals surface area contributed by atoms with Crippen LogP contribution in [-0.4, -0.2) is 67.7 Å². The second-order valence-corrected chi connectivity index (χ2v) is 5.65. The van der Waals surface area contributed by atoms with E-state index >= 15 is 0 Å². The van der Waals surface area contributed by atoms with E-state index in [0.717, 1.165) is 27.7 Å². The summed E-state index contributed by atoms with van der Waals surface area (Å²) in [7, 11) is 0. The van der Waals surface area contributed by atoms with Crippen LogP contribution in [0.1, 0.15) is 41.5 Å². The number of rotatable bonds is 11. The van der Waals surface area contributed by atoms with Crippen LogP contribution in [0.3, 0.4) is 0 Å². The Bertz CT molecular complexity index is 571. The molecule has 160 valence electrons. The Morgan fingerprint density at radius 3 is 1.50 bits per heavy atom. The minimum atomic E-state index is -1.53. The second kappa shape index (κ2) is 12.7. The Labute approximate surface area is 162 Å². The lowest BCUT2D eigenvalue weighted by Crippen LogP contribution is -2.51. The molecule has 0 spiro atoms. The largest absolute Gasteiger partial charge is 0.463 e. The van der Waals surface area contributed by atoms with E-state index in [0.29, 0.717) is 0 Å². The summed E-state index contributed by atoms with van der Waals surface area (Å²) in [5.41, 5.74) is 0. The molecule has 0 aliphatic heterocycles. The van der Waals surface area contributed by atoms with Gasteiger partial charge in [0.05, 0.1) is 6.61 Å². The number of carbonyl (C=O) groups excluding carboxylic acids is 5. The van der Waals surface area contributed by atoms with Crippen molar-refractivity contribution in [3.8, 4) is 0 Å². The summed E-state index contributed by atoms with van der Waals surface area (Å²) in [6, 6.07) is 0.